The highest BCUT2D eigenvalue weighted by Crippen LogP contribution is 2.44. The van der Waals surface area contributed by atoms with Crippen LogP contribution in [0.3, 0.4) is 0 Å². The Morgan fingerprint density at radius 1 is 1.21 bits per heavy atom. The van der Waals surface area contributed by atoms with Crippen molar-refractivity contribution in [2.75, 3.05) is 26.8 Å². The summed E-state index contributed by atoms with van der Waals surface area (Å²) in [5.74, 6) is 0.645. The molecule has 1 N–H and O–H groups in total. The zero-order chi connectivity index (χ0) is 14.0. The predicted molar refractivity (Wildman–Crippen MR) is 80.9 cm³/mol. The second kappa shape index (κ2) is 5.64. The molecule has 1 aromatic rings. The fourth-order valence-electron chi connectivity index (χ4n) is 3.85. The fraction of sp³-hybridized carbons (Fsp3) is 0.647. The van der Waals surface area contributed by atoms with Gasteiger partial charge in [0.1, 0.15) is 0 Å². The molecule has 1 atom stereocenters. The van der Waals surface area contributed by atoms with E-state index in [4.69, 9.17) is 4.74 Å². The monoisotopic (exact) mass is 261 g/mol. The van der Waals surface area contributed by atoms with E-state index in [1.807, 2.05) is 7.05 Å². The van der Waals surface area contributed by atoms with Crippen molar-refractivity contribution in [2.45, 2.75) is 39.5 Å². The second-order valence-corrected chi connectivity index (χ2v) is 6.09. The van der Waals surface area contributed by atoms with Crippen molar-refractivity contribution >= 4 is 0 Å². The molecule has 1 unspecified atom stereocenters. The summed E-state index contributed by atoms with van der Waals surface area (Å²) in [6.45, 7) is 11.8. The van der Waals surface area contributed by atoms with Gasteiger partial charge in [-0.15, -0.1) is 0 Å². The molecule has 0 radical (unpaired) electrons. The molecule has 0 aromatic heterocycles. The van der Waals surface area contributed by atoms with E-state index in [1.165, 1.54) is 28.7 Å². The van der Waals surface area contributed by atoms with Crippen LogP contribution in [0.2, 0.25) is 0 Å². The van der Waals surface area contributed by atoms with E-state index in [1.54, 1.807) is 0 Å². The molecule has 0 amide bonds. The molecule has 1 aliphatic rings. The number of ether oxygens (including phenoxy) is 1. The molecule has 1 heterocycles. The van der Waals surface area contributed by atoms with E-state index < -0.39 is 0 Å². The molecule has 1 fully saturated rings. The van der Waals surface area contributed by atoms with Crippen LogP contribution in [0.5, 0.6) is 0 Å². The molecule has 0 spiro atoms. The molecule has 1 saturated heterocycles. The summed E-state index contributed by atoms with van der Waals surface area (Å²) in [6.07, 6.45) is 1.19. The highest BCUT2D eigenvalue weighted by Gasteiger charge is 2.47. The maximum Gasteiger partial charge on any atom is 0.0589 e. The van der Waals surface area contributed by atoms with E-state index in [-0.39, 0.29) is 5.41 Å². The first-order chi connectivity index (χ1) is 9.05. The molecular formula is C17H27NO. The van der Waals surface area contributed by atoms with Crippen molar-refractivity contribution in [1.82, 2.24) is 5.32 Å². The lowest BCUT2D eigenvalue weighted by Crippen LogP contribution is -2.55. The Balaban J connectivity index is 2.47. The average Bonchev–Trinajstić information content (AvgIpc) is 2.28. The van der Waals surface area contributed by atoms with Crippen LogP contribution in [0.25, 0.3) is 0 Å². The lowest BCUT2D eigenvalue weighted by Gasteiger charge is -2.49. The van der Waals surface area contributed by atoms with Crippen LogP contribution < -0.4 is 5.32 Å². The summed E-state index contributed by atoms with van der Waals surface area (Å²) < 4.78 is 5.63. The number of hydrogen-bond acceptors (Lipinski definition) is 2. The quantitative estimate of drug-likeness (QED) is 0.879. The molecule has 0 aliphatic carbocycles. The number of nitrogens with one attached hydrogen (secondary N) is 1. The summed E-state index contributed by atoms with van der Waals surface area (Å²) in [6, 6.07) is 4.63. The topological polar surface area (TPSA) is 21.3 Å². The van der Waals surface area contributed by atoms with Crippen LogP contribution in [-0.4, -0.2) is 26.8 Å². The summed E-state index contributed by atoms with van der Waals surface area (Å²) in [7, 11) is 2.05. The van der Waals surface area contributed by atoms with Crippen molar-refractivity contribution in [3.8, 4) is 0 Å². The zero-order valence-corrected chi connectivity index (χ0v) is 13.0. The first-order valence-corrected chi connectivity index (χ1v) is 7.35. The van der Waals surface area contributed by atoms with Gasteiger partial charge in [-0.05, 0) is 57.0 Å². The van der Waals surface area contributed by atoms with Gasteiger partial charge in [0.15, 0.2) is 0 Å². The van der Waals surface area contributed by atoms with E-state index in [0.29, 0.717) is 5.92 Å². The normalized spacial score (nSPS) is 19.0. The Morgan fingerprint density at radius 3 is 2.16 bits per heavy atom. The van der Waals surface area contributed by atoms with Crippen LogP contribution in [0.15, 0.2) is 12.1 Å². The third kappa shape index (κ3) is 2.44. The smallest absolute Gasteiger partial charge is 0.0589 e. The summed E-state index contributed by atoms with van der Waals surface area (Å²) >= 11 is 0. The SMILES string of the molecule is CCC(CNC)C1(c2c(C)cc(C)cc2C)COC1. The molecule has 2 nitrogen and oxygen atoms in total. The summed E-state index contributed by atoms with van der Waals surface area (Å²) in [5.41, 5.74) is 5.97. The summed E-state index contributed by atoms with van der Waals surface area (Å²) in [4.78, 5) is 0. The summed E-state index contributed by atoms with van der Waals surface area (Å²) in [5, 5.41) is 3.36. The molecule has 1 aliphatic heterocycles. The molecule has 2 heteroatoms. The third-order valence-electron chi connectivity index (χ3n) is 4.62. The highest BCUT2D eigenvalue weighted by atomic mass is 16.5. The third-order valence-corrected chi connectivity index (χ3v) is 4.62. The van der Waals surface area contributed by atoms with Gasteiger partial charge in [-0.3, -0.25) is 0 Å². The minimum Gasteiger partial charge on any atom is -0.379 e. The van der Waals surface area contributed by atoms with Crippen molar-refractivity contribution < 1.29 is 4.74 Å². The van der Waals surface area contributed by atoms with Gasteiger partial charge < -0.3 is 10.1 Å². The van der Waals surface area contributed by atoms with Gasteiger partial charge in [-0.2, -0.15) is 0 Å². The highest BCUT2D eigenvalue weighted by molar-refractivity contribution is 5.44. The largest absolute Gasteiger partial charge is 0.379 e. The lowest BCUT2D eigenvalue weighted by molar-refractivity contribution is -0.0915. The second-order valence-electron chi connectivity index (χ2n) is 6.09. The fourth-order valence-corrected chi connectivity index (χ4v) is 3.85. The average molecular weight is 261 g/mol. The number of rotatable bonds is 5. The van der Waals surface area contributed by atoms with Crippen molar-refractivity contribution in [3.05, 3.63) is 34.4 Å². The molecular weight excluding hydrogens is 234 g/mol. The maximum atomic E-state index is 5.63. The van der Waals surface area contributed by atoms with Gasteiger partial charge in [0, 0.05) is 5.41 Å². The van der Waals surface area contributed by atoms with Gasteiger partial charge in [-0.1, -0.05) is 31.0 Å². The van der Waals surface area contributed by atoms with Crippen LogP contribution in [0.4, 0.5) is 0 Å². The Kier molecular flexibility index (Phi) is 4.32. The first-order valence-electron chi connectivity index (χ1n) is 7.35. The van der Waals surface area contributed by atoms with Gasteiger partial charge in [0.2, 0.25) is 0 Å². The van der Waals surface area contributed by atoms with Crippen LogP contribution in [0.1, 0.15) is 35.6 Å². The molecule has 0 bridgehead atoms. The molecule has 19 heavy (non-hydrogen) atoms. The Bertz CT molecular complexity index is 426. The standard InChI is InChI=1S/C17H27NO/c1-6-15(9-18-5)17(10-19-11-17)16-13(3)7-12(2)8-14(16)4/h7-8,15,18H,6,9-11H2,1-5H3. The van der Waals surface area contributed by atoms with E-state index in [0.717, 1.165) is 19.8 Å². The van der Waals surface area contributed by atoms with E-state index in [9.17, 15) is 0 Å². The minimum absolute atomic E-state index is 0.222. The Morgan fingerprint density at radius 2 is 1.79 bits per heavy atom. The van der Waals surface area contributed by atoms with Crippen LogP contribution in [-0.2, 0) is 10.2 Å². The molecule has 2 rings (SSSR count). The molecule has 1 aromatic carbocycles. The molecule has 106 valence electrons. The Hall–Kier alpha value is -0.860. The van der Waals surface area contributed by atoms with E-state index >= 15 is 0 Å². The number of aryl methyl sites for hydroxylation is 3. The van der Waals surface area contributed by atoms with Crippen molar-refractivity contribution in [1.29, 1.82) is 0 Å². The number of benzene rings is 1. The van der Waals surface area contributed by atoms with Crippen molar-refractivity contribution in [2.24, 2.45) is 5.92 Å². The van der Waals surface area contributed by atoms with Gasteiger partial charge in [-0.25, -0.2) is 0 Å². The Labute approximate surface area is 117 Å². The van der Waals surface area contributed by atoms with Crippen molar-refractivity contribution in [3.63, 3.8) is 0 Å². The predicted octanol–water partition coefficient (Wildman–Crippen LogP) is 3.13. The van der Waals surface area contributed by atoms with Gasteiger partial charge >= 0.3 is 0 Å². The first kappa shape index (κ1) is 14.5. The van der Waals surface area contributed by atoms with Crippen LogP contribution >= 0.6 is 0 Å². The maximum absolute atomic E-state index is 5.63. The minimum atomic E-state index is 0.222. The van der Waals surface area contributed by atoms with E-state index in [2.05, 4.69) is 45.1 Å². The van der Waals surface area contributed by atoms with Gasteiger partial charge in [0.05, 0.1) is 13.2 Å². The van der Waals surface area contributed by atoms with Gasteiger partial charge in [0.25, 0.3) is 0 Å². The van der Waals surface area contributed by atoms with Crippen LogP contribution in [0, 0.1) is 26.7 Å². The number of hydrogen-bond donors (Lipinski definition) is 1. The molecule has 0 saturated carbocycles. The lowest BCUT2D eigenvalue weighted by atomic mass is 9.65. The zero-order valence-electron chi connectivity index (χ0n) is 13.0.